The molecule has 0 radical (unpaired) electrons. The number of carbonyl (C=O) groups excluding carboxylic acids is 2. The zero-order valence-corrected chi connectivity index (χ0v) is 12.6. The summed E-state index contributed by atoms with van der Waals surface area (Å²) in [6, 6.07) is 5.22. The molecule has 22 heavy (non-hydrogen) atoms. The lowest BCUT2D eigenvalue weighted by molar-refractivity contribution is -0.190. The third-order valence-electron chi connectivity index (χ3n) is 3.22. The van der Waals surface area contributed by atoms with Gasteiger partial charge in [0.25, 0.3) is 0 Å². The maximum Gasteiger partial charge on any atom is 0.337 e. The van der Waals surface area contributed by atoms with E-state index in [4.69, 9.17) is 4.74 Å². The Morgan fingerprint density at radius 3 is 2.23 bits per heavy atom. The molecule has 1 N–H and O–H groups in total. The van der Waals surface area contributed by atoms with Crippen molar-refractivity contribution < 1.29 is 33.0 Å². The van der Waals surface area contributed by atoms with Crippen LogP contribution in [0.3, 0.4) is 0 Å². The molecule has 1 aromatic carbocycles. The maximum absolute atomic E-state index is 14.2. The fraction of sp³-hybridized carbons (Fsp3) is 0.467. The molecule has 0 bridgehead atoms. The number of methoxy groups -OCH3 is 1. The lowest BCUT2D eigenvalue weighted by atomic mass is 9.86. The zero-order chi connectivity index (χ0) is 17.0. The van der Waals surface area contributed by atoms with Crippen LogP contribution in [0, 0.1) is 0 Å². The van der Waals surface area contributed by atoms with Gasteiger partial charge in [-0.2, -0.15) is 8.78 Å². The molecule has 5 nitrogen and oxygen atoms in total. The smallest absolute Gasteiger partial charge is 0.337 e. The van der Waals surface area contributed by atoms with Crippen molar-refractivity contribution in [2.45, 2.75) is 31.8 Å². The summed E-state index contributed by atoms with van der Waals surface area (Å²) >= 11 is 0. The summed E-state index contributed by atoms with van der Waals surface area (Å²) in [5.74, 6) is -6.49. The first-order valence-electron chi connectivity index (χ1n) is 6.60. The summed E-state index contributed by atoms with van der Waals surface area (Å²) in [4.78, 5) is 22.8. The first-order valence-corrected chi connectivity index (χ1v) is 6.60. The van der Waals surface area contributed by atoms with Gasteiger partial charge in [-0.25, -0.2) is 0 Å². The molecule has 0 aliphatic carbocycles. The van der Waals surface area contributed by atoms with E-state index in [1.165, 1.54) is 38.3 Å². The number of halogens is 2. The van der Waals surface area contributed by atoms with Crippen molar-refractivity contribution in [3.8, 4) is 5.75 Å². The average molecular weight is 316 g/mol. The van der Waals surface area contributed by atoms with Crippen LogP contribution in [-0.2, 0) is 19.9 Å². The number of ketones is 1. The molecule has 1 rings (SSSR count). The summed E-state index contributed by atoms with van der Waals surface area (Å²) in [6.45, 7) is 2.29. The van der Waals surface area contributed by atoms with Crippen molar-refractivity contribution in [2.24, 2.45) is 0 Å². The first kappa shape index (κ1) is 18.0. The van der Waals surface area contributed by atoms with Crippen molar-refractivity contribution >= 4 is 11.8 Å². The third kappa shape index (κ3) is 3.59. The van der Waals surface area contributed by atoms with Crippen molar-refractivity contribution in [2.75, 3.05) is 13.7 Å². The number of benzene rings is 1. The minimum Gasteiger partial charge on any atom is -0.497 e. The van der Waals surface area contributed by atoms with E-state index in [2.05, 4.69) is 4.74 Å². The van der Waals surface area contributed by atoms with Gasteiger partial charge in [-0.05, 0) is 31.5 Å². The molecule has 122 valence electrons. The minimum atomic E-state index is -4.14. The van der Waals surface area contributed by atoms with Gasteiger partial charge >= 0.3 is 11.9 Å². The first-order chi connectivity index (χ1) is 10.2. The predicted octanol–water partition coefficient (Wildman–Crippen LogP) is 2.06. The van der Waals surface area contributed by atoms with E-state index < -0.39 is 29.7 Å². The highest BCUT2D eigenvalue weighted by Crippen LogP contribution is 2.39. The van der Waals surface area contributed by atoms with E-state index in [-0.39, 0.29) is 12.2 Å². The summed E-state index contributed by atoms with van der Waals surface area (Å²) in [5.41, 5.74) is -2.93. The number of rotatable bonds is 7. The Morgan fingerprint density at radius 2 is 1.77 bits per heavy atom. The van der Waals surface area contributed by atoms with Crippen molar-refractivity contribution in [1.29, 1.82) is 0 Å². The van der Waals surface area contributed by atoms with E-state index in [0.717, 1.165) is 6.92 Å². The molecule has 1 atom stereocenters. The van der Waals surface area contributed by atoms with Crippen LogP contribution in [0.25, 0.3) is 0 Å². The molecule has 1 aromatic rings. The predicted molar refractivity (Wildman–Crippen MR) is 73.8 cm³/mol. The summed E-state index contributed by atoms with van der Waals surface area (Å²) in [5, 5.41) is 10.1. The van der Waals surface area contributed by atoms with Gasteiger partial charge in [0.05, 0.1) is 13.7 Å². The van der Waals surface area contributed by atoms with E-state index in [9.17, 15) is 23.5 Å². The number of Topliss-reactive ketones (excluding diaryl/α,β-unsaturated/α-hetero) is 1. The average Bonchev–Trinajstić information content (AvgIpc) is 2.47. The Hall–Kier alpha value is -2.02. The van der Waals surface area contributed by atoms with Crippen LogP contribution >= 0.6 is 0 Å². The molecule has 0 saturated heterocycles. The highest BCUT2D eigenvalue weighted by atomic mass is 19.3. The monoisotopic (exact) mass is 316 g/mol. The molecular formula is C15H18F2O5. The molecule has 0 aromatic heterocycles. The van der Waals surface area contributed by atoms with Crippen LogP contribution in [0.4, 0.5) is 8.78 Å². The Labute approximate surface area is 126 Å². The van der Waals surface area contributed by atoms with Gasteiger partial charge in [-0.15, -0.1) is 0 Å². The molecule has 0 saturated carbocycles. The molecule has 0 spiro atoms. The van der Waals surface area contributed by atoms with E-state index >= 15 is 0 Å². The quantitative estimate of drug-likeness (QED) is 0.616. The third-order valence-corrected chi connectivity index (χ3v) is 3.22. The fourth-order valence-corrected chi connectivity index (χ4v) is 1.82. The van der Waals surface area contributed by atoms with Crippen LogP contribution in [0.15, 0.2) is 24.3 Å². The second kappa shape index (κ2) is 6.83. The molecule has 7 heteroatoms. The lowest BCUT2D eigenvalue weighted by Crippen LogP contribution is -2.49. The Kier molecular flexibility index (Phi) is 5.59. The van der Waals surface area contributed by atoms with Gasteiger partial charge in [0.2, 0.25) is 5.78 Å². The van der Waals surface area contributed by atoms with Crippen LogP contribution in [-0.4, -0.2) is 36.5 Å². The van der Waals surface area contributed by atoms with Gasteiger partial charge in [0.15, 0.2) is 5.60 Å². The van der Waals surface area contributed by atoms with Gasteiger partial charge in [-0.1, -0.05) is 12.1 Å². The summed E-state index contributed by atoms with van der Waals surface area (Å²) in [6.07, 6.45) is -1.10. The number of esters is 1. The van der Waals surface area contributed by atoms with Crippen molar-refractivity contribution in [3.05, 3.63) is 29.8 Å². The molecule has 0 aliphatic rings. The van der Waals surface area contributed by atoms with E-state index in [1.54, 1.807) is 0 Å². The fourth-order valence-electron chi connectivity index (χ4n) is 1.82. The highest BCUT2D eigenvalue weighted by molar-refractivity contribution is 6.00. The Morgan fingerprint density at radius 1 is 1.23 bits per heavy atom. The number of carbonyl (C=O) groups is 2. The van der Waals surface area contributed by atoms with Gasteiger partial charge in [0, 0.05) is 0 Å². The number of hydrogen-bond donors (Lipinski definition) is 1. The molecule has 0 amide bonds. The topological polar surface area (TPSA) is 72.8 Å². The molecule has 0 fully saturated rings. The Balaban J connectivity index is 3.01. The molecule has 0 heterocycles. The normalized spacial score (nSPS) is 14.1. The highest BCUT2D eigenvalue weighted by Gasteiger charge is 2.56. The van der Waals surface area contributed by atoms with Gasteiger partial charge < -0.3 is 14.6 Å². The van der Waals surface area contributed by atoms with E-state index in [1.807, 2.05) is 0 Å². The lowest BCUT2D eigenvalue weighted by Gasteiger charge is -2.31. The van der Waals surface area contributed by atoms with Crippen LogP contribution in [0.5, 0.6) is 5.75 Å². The van der Waals surface area contributed by atoms with Crippen LogP contribution in [0.1, 0.15) is 25.8 Å². The summed E-state index contributed by atoms with van der Waals surface area (Å²) in [7, 11) is 1.41. The van der Waals surface area contributed by atoms with Crippen LogP contribution < -0.4 is 4.74 Å². The number of aliphatic hydroxyl groups is 1. The molecule has 1 unspecified atom stereocenters. The van der Waals surface area contributed by atoms with Crippen LogP contribution in [0.2, 0.25) is 0 Å². The minimum absolute atomic E-state index is 0.0213. The maximum atomic E-state index is 14.2. The second-order valence-electron chi connectivity index (χ2n) is 4.78. The largest absolute Gasteiger partial charge is 0.497 e. The second-order valence-corrected chi connectivity index (χ2v) is 4.78. The van der Waals surface area contributed by atoms with E-state index in [0.29, 0.717) is 5.75 Å². The number of ether oxygens (including phenoxy) is 2. The van der Waals surface area contributed by atoms with Gasteiger partial charge in [-0.3, -0.25) is 9.59 Å². The van der Waals surface area contributed by atoms with Crippen molar-refractivity contribution in [1.82, 2.24) is 0 Å². The molecule has 0 aliphatic heterocycles. The zero-order valence-electron chi connectivity index (χ0n) is 12.6. The SMILES string of the molecule is CCOC(=O)CC(=O)C(F)(F)C(C)(O)c1ccc(OC)cc1. The Bertz CT molecular complexity index is 537. The number of hydrogen-bond acceptors (Lipinski definition) is 5. The standard InChI is InChI=1S/C15H18F2O5/c1-4-22-13(19)9-12(18)15(16,17)14(2,20)10-5-7-11(21-3)8-6-10/h5-8,20H,4,9H2,1-3H3. The van der Waals surface area contributed by atoms with Gasteiger partial charge in [0.1, 0.15) is 12.2 Å². The number of alkyl halides is 2. The van der Waals surface area contributed by atoms with Crippen molar-refractivity contribution in [3.63, 3.8) is 0 Å². The summed E-state index contributed by atoms with van der Waals surface area (Å²) < 4.78 is 37.8. The molecular weight excluding hydrogens is 298 g/mol.